The summed E-state index contributed by atoms with van der Waals surface area (Å²) >= 11 is 0. The highest BCUT2D eigenvalue weighted by Crippen LogP contribution is 2.33. The normalized spacial score (nSPS) is 11.4. The van der Waals surface area contributed by atoms with Gasteiger partial charge in [-0.3, -0.25) is 9.59 Å². The second-order valence-corrected chi connectivity index (χ2v) is 3.96. The molecule has 0 amide bonds. The molecule has 0 saturated carbocycles. The number of halogens is 2. The van der Waals surface area contributed by atoms with Crippen LogP contribution in [0.3, 0.4) is 0 Å². The Labute approximate surface area is 104 Å². The highest BCUT2D eigenvalue weighted by Gasteiger charge is 2.41. The summed E-state index contributed by atoms with van der Waals surface area (Å²) in [6, 6.07) is 3.94. The minimum absolute atomic E-state index is 0.124. The van der Waals surface area contributed by atoms with Gasteiger partial charge in [0.25, 0.3) is 0 Å². The van der Waals surface area contributed by atoms with Crippen LogP contribution >= 0.6 is 0 Å². The van der Waals surface area contributed by atoms with Crippen LogP contribution in [0.25, 0.3) is 0 Å². The summed E-state index contributed by atoms with van der Waals surface area (Å²) in [5.74, 6) is -5.29. The van der Waals surface area contributed by atoms with Crippen molar-refractivity contribution in [1.82, 2.24) is 0 Å². The Balaban J connectivity index is 3.29. The summed E-state index contributed by atoms with van der Waals surface area (Å²) in [4.78, 5) is 22.6. The van der Waals surface area contributed by atoms with Crippen molar-refractivity contribution in [2.24, 2.45) is 0 Å². The van der Waals surface area contributed by atoms with Gasteiger partial charge in [0, 0.05) is 18.2 Å². The fraction of sp³-hybridized carbons (Fsp3) is 0.385. The number of ketones is 2. The van der Waals surface area contributed by atoms with E-state index in [9.17, 15) is 18.4 Å². The van der Waals surface area contributed by atoms with Crippen LogP contribution in [0.15, 0.2) is 18.2 Å². The molecule has 0 N–H and O–H groups in total. The van der Waals surface area contributed by atoms with Gasteiger partial charge in [-0.05, 0) is 19.4 Å². The molecule has 1 aromatic rings. The van der Waals surface area contributed by atoms with E-state index < -0.39 is 23.9 Å². The smallest absolute Gasteiger partial charge is 0.333 e. The molecule has 0 fully saturated rings. The molecule has 0 heterocycles. The molecule has 5 heteroatoms. The molecule has 0 spiro atoms. The van der Waals surface area contributed by atoms with Gasteiger partial charge in [0.2, 0.25) is 5.78 Å². The predicted molar refractivity (Wildman–Crippen MR) is 62.0 cm³/mol. The molecule has 0 aliphatic heterocycles. The lowest BCUT2D eigenvalue weighted by molar-refractivity contribution is -0.148. The quantitative estimate of drug-likeness (QED) is 0.760. The van der Waals surface area contributed by atoms with Crippen molar-refractivity contribution < 1.29 is 23.1 Å². The summed E-state index contributed by atoms with van der Waals surface area (Å²) in [7, 11) is 1.17. The van der Waals surface area contributed by atoms with Crippen LogP contribution in [0.4, 0.5) is 8.78 Å². The van der Waals surface area contributed by atoms with E-state index >= 15 is 0 Å². The first-order chi connectivity index (χ1) is 8.32. The third-order valence-corrected chi connectivity index (χ3v) is 2.68. The Morgan fingerprint density at radius 1 is 1.33 bits per heavy atom. The molecule has 0 saturated heterocycles. The maximum absolute atomic E-state index is 13.9. The van der Waals surface area contributed by atoms with E-state index in [0.717, 1.165) is 6.07 Å². The van der Waals surface area contributed by atoms with Crippen LogP contribution in [0.1, 0.15) is 28.4 Å². The first-order valence-electron chi connectivity index (χ1n) is 5.33. The first-order valence-corrected chi connectivity index (χ1v) is 5.33. The third-order valence-electron chi connectivity index (χ3n) is 2.68. The monoisotopic (exact) mass is 256 g/mol. The number of rotatable bonds is 5. The van der Waals surface area contributed by atoms with Crippen LogP contribution < -0.4 is 0 Å². The van der Waals surface area contributed by atoms with Gasteiger partial charge >= 0.3 is 5.92 Å². The summed E-state index contributed by atoms with van der Waals surface area (Å²) in [6.45, 7) is 2.03. The Hall–Kier alpha value is -1.62. The SMILES string of the molecule is COCC(=O)C(F)(F)c1cccc(C(C)=O)c1C. The van der Waals surface area contributed by atoms with E-state index in [1.807, 2.05) is 0 Å². The lowest BCUT2D eigenvalue weighted by Crippen LogP contribution is -2.30. The number of Topliss-reactive ketones (excluding diaryl/α,β-unsaturated/α-hetero) is 2. The zero-order valence-electron chi connectivity index (χ0n) is 10.4. The van der Waals surface area contributed by atoms with Crippen molar-refractivity contribution in [3.05, 3.63) is 34.9 Å². The van der Waals surface area contributed by atoms with Crippen molar-refractivity contribution in [3.8, 4) is 0 Å². The van der Waals surface area contributed by atoms with Gasteiger partial charge in [0.15, 0.2) is 5.78 Å². The Kier molecular flexibility index (Phi) is 4.29. The Morgan fingerprint density at radius 2 is 1.94 bits per heavy atom. The minimum atomic E-state index is -3.65. The summed E-state index contributed by atoms with van der Waals surface area (Å²) < 4.78 is 32.2. The summed E-state index contributed by atoms with van der Waals surface area (Å²) in [5.41, 5.74) is -0.130. The topological polar surface area (TPSA) is 43.4 Å². The summed E-state index contributed by atoms with van der Waals surface area (Å²) in [6.07, 6.45) is 0. The standard InChI is InChI=1S/C13H14F2O3/c1-8-10(9(2)16)5-4-6-11(8)13(14,15)12(17)7-18-3/h4-6H,7H2,1-3H3. The van der Waals surface area contributed by atoms with E-state index in [2.05, 4.69) is 4.74 Å². The lowest BCUT2D eigenvalue weighted by atomic mass is 9.94. The van der Waals surface area contributed by atoms with Gasteiger partial charge in [0.1, 0.15) is 6.61 Å². The van der Waals surface area contributed by atoms with Gasteiger partial charge in [-0.15, -0.1) is 0 Å². The van der Waals surface area contributed by atoms with Crippen molar-refractivity contribution >= 4 is 11.6 Å². The predicted octanol–water partition coefficient (Wildman–Crippen LogP) is 2.50. The average Bonchev–Trinajstić information content (AvgIpc) is 2.28. The number of alkyl halides is 2. The van der Waals surface area contributed by atoms with Crippen LogP contribution in [-0.2, 0) is 15.5 Å². The third kappa shape index (κ3) is 2.61. The molecule has 0 radical (unpaired) electrons. The molecule has 1 aromatic carbocycles. The Bertz CT molecular complexity index is 481. The van der Waals surface area contributed by atoms with E-state index in [1.54, 1.807) is 0 Å². The fourth-order valence-corrected chi connectivity index (χ4v) is 1.73. The van der Waals surface area contributed by atoms with Crippen molar-refractivity contribution in [2.45, 2.75) is 19.8 Å². The molecule has 0 unspecified atom stereocenters. The molecule has 1 rings (SSSR count). The van der Waals surface area contributed by atoms with Crippen LogP contribution in [0.5, 0.6) is 0 Å². The van der Waals surface area contributed by atoms with E-state index in [4.69, 9.17) is 0 Å². The first kappa shape index (κ1) is 14.4. The molecule has 0 aliphatic carbocycles. The maximum atomic E-state index is 13.9. The van der Waals surface area contributed by atoms with Gasteiger partial charge in [-0.1, -0.05) is 18.2 Å². The van der Waals surface area contributed by atoms with Crippen LogP contribution in [0, 0.1) is 6.92 Å². The largest absolute Gasteiger partial charge is 0.377 e. The highest BCUT2D eigenvalue weighted by molar-refractivity contribution is 5.97. The number of hydrogen-bond acceptors (Lipinski definition) is 3. The van der Waals surface area contributed by atoms with E-state index in [0.29, 0.717) is 0 Å². The second-order valence-electron chi connectivity index (χ2n) is 3.96. The number of hydrogen-bond donors (Lipinski definition) is 0. The van der Waals surface area contributed by atoms with Gasteiger partial charge < -0.3 is 4.74 Å². The molecular weight excluding hydrogens is 242 g/mol. The molecule has 0 aliphatic rings. The van der Waals surface area contributed by atoms with Gasteiger partial charge in [-0.2, -0.15) is 8.78 Å². The molecular formula is C13H14F2O3. The zero-order valence-corrected chi connectivity index (χ0v) is 10.4. The van der Waals surface area contributed by atoms with Crippen LogP contribution in [0.2, 0.25) is 0 Å². The number of carbonyl (C=O) groups is 2. The molecule has 18 heavy (non-hydrogen) atoms. The average molecular weight is 256 g/mol. The summed E-state index contributed by atoms with van der Waals surface area (Å²) in [5, 5.41) is 0. The fourth-order valence-electron chi connectivity index (χ4n) is 1.73. The van der Waals surface area contributed by atoms with Gasteiger partial charge in [-0.25, -0.2) is 0 Å². The van der Waals surface area contributed by atoms with Crippen LogP contribution in [-0.4, -0.2) is 25.3 Å². The van der Waals surface area contributed by atoms with Crippen molar-refractivity contribution in [3.63, 3.8) is 0 Å². The molecule has 0 bridgehead atoms. The minimum Gasteiger partial charge on any atom is -0.377 e. The van der Waals surface area contributed by atoms with E-state index in [-0.39, 0.29) is 16.9 Å². The number of ether oxygens (including phenoxy) is 1. The molecule has 98 valence electrons. The molecule has 0 atom stereocenters. The zero-order chi connectivity index (χ0) is 13.9. The highest BCUT2D eigenvalue weighted by atomic mass is 19.3. The van der Waals surface area contributed by atoms with E-state index in [1.165, 1.54) is 33.1 Å². The molecule has 3 nitrogen and oxygen atoms in total. The van der Waals surface area contributed by atoms with Crippen molar-refractivity contribution in [2.75, 3.05) is 13.7 Å². The number of carbonyl (C=O) groups excluding carboxylic acids is 2. The molecule has 0 aromatic heterocycles. The van der Waals surface area contributed by atoms with Gasteiger partial charge in [0.05, 0.1) is 0 Å². The Morgan fingerprint density at radius 3 is 2.44 bits per heavy atom. The maximum Gasteiger partial charge on any atom is 0.333 e. The number of methoxy groups -OCH3 is 1. The van der Waals surface area contributed by atoms with Crippen molar-refractivity contribution in [1.29, 1.82) is 0 Å². The lowest BCUT2D eigenvalue weighted by Gasteiger charge is -2.18. The second kappa shape index (κ2) is 5.35. The number of benzene rings is 1.